The molecule has 4 heterocycles. The summed E-state index contributed by atoms with van der Waals surface area (Å²) in [6.45, 7) is 5.63. The van der Waals surface area contributed by atoms with Crippen LogP contribution in [-0.2, 0) is 22.4 Å². The Kier molecular flexibility index (Phi) is 11.6. The van der Waals surface area contributed by atoms with Gasteiger partial charge in [0.15, 0.2) is 11.5 Å². The molecule has 3 aromatic rings. The van der Waals surface area contributed by atoms with Crippen molar-refractivity contribution in [3.05, 3.63) is 52.7 Å². The number of methoxy groups -OCH3 is 2. The van der Waals surface area contributed by atoms with Crippen LogP contribution in [0.15, 0.2) is 30.3 Å². The Bertz CT molecular complexity index is 1620. The number of hydrogen-bond acceptors (Lipinski definition) is 7. The van der Waals surface area contributed by atoms with E-state index in [2.05, 4.69) is 34.3 Å². The first-order chi connectivity index (χ1) is 23.0. The highest BCUT2D eigenvalue weighted by molar-refractivity contribution is 5.86. The zero-order valence-electron chi connectivity index (χ0n) is 27.0. The highest BCUT2D eigenvalue weighted by Crippen LogP contribution is 2.47. The number of ether oxygens (including phenoxy) is 2. The van der Waals surface area contributed by atoms with Crippen molar-refractivity contribution in [1.82, 2.24) is 15.2 Å². The highest BCUT2D eigenvalue weighted by Gasteiger charge is 2.41. The molecule has 0 saturated carbocycles. The number of carboxylic acids is 2. The van der Waals surface area contributed by atoms with Crippen LogP contribution < -0.4 is 14.8 Å². The summed E-state index contributed by atoms with van der Waals surface area (Å²) >= 11 is 0. The third-order valence-electron chi connectivity index (χ3n) is 9.36. The normalized spacial score (nSPS) is 21.9. The van der Waals surface area contributed by atoms with E-state index >= 15 is 0 Å². The lowest BCUT2D eigenvalue weighted by Crippen LogP contribution is -2.46. The molecule has 0 radical (unpaired) electrons. The maximum atomic E-state index is 10.6. The quantitative estimate of drug-likeness (QED) is 0.191. The number of carbonyl (C=O) groups is 2. The molecule has 0 amide bonds. The topological polar surface area (TPSA) is 144 Å². The number of hydrogen-bond donors (Lipinski definition) is 5. The molecule has 0 aliphatic carbocycles. The van der Waals surface area contributed by atoms with E-state index in [1.54, 1.807) is 20.3 Å². The second-order valence-electron chi connectivity index (χ2n) is 12.2. The number of fused-ring (bicyclic) bond motifs is 6. The molecular weight excluding hydrogens is 664 g/mol. The number of phenols is 1. The first-order valence-electron chi connectivity index (χ1n) is 15.6. The number of aromatic hydroxyl groups is 1. The number of aliphatic carboxylic acids is 2. The van der Waals surface area contributed by atoms with Gasteiger partial charge in [0.2, 0.25) is 0 Å². The van der Waals surface area contributed by atoms with Crippen LogP contribution in [0.3, 0.4) is 0 Å². The van der Waals surface area contributed by atoms with Crippen LogP contribution in [-0.4, -0.2) is 83.3 Å². The number of phenolic OH excluding ortho intramolecular Hbond substituents is 1. The summed E-state index contributed by atoms with van der Waals surface area (Å²) in [6.07, 6.45) is -4.56. The second-order valence-corrected chi connectivity index (χ2v) is 12.2. The van der Waals surface area contributed by atoms with Crippen molar-refractivity contribution in [2.45, 2.75) is 63.5 Å². The first kappa shape index (κ1) is 37.6. The van der Waals surface area contributed by atoms with Gasteiger partial charge in [-0.05, 0) is 91.1 Å². The maximum absolute atomic E-state index is 10.6. The Labute approximate surface area is 278 Å². The van der Waals surface area contributed by atoms with Crippen molar-refractivity contribution >= 4 is 22.8 Å². The summed E-state index contributed by atoms with van der Waals surface area (Å²) in [5.74, 6) is -2.16. The minimum absolute atomic E-state index is 0.326. The molecule has 0 bridgehead atoms. The number of H-pyrrole nitrogens is 1. The van der Waals surface area contributed by atoms with Gasteiger partial charge in [-0.1, -0.05) is 13.3 Å². The third-order valence-corrected chi connectivity index (χ3v) is 9.36. The van der Waals surface area contributed by atoms with Crippen LogP contribution in [0.2, 0.25) is 0 Å². The molecule has 1 fully saturated rings. The number of piperidine rings is 1. The van der Waals surface area contributed by atoms with E-state index in [1.807, 2.05) is 12.1 Å². The Morgan fingerprint density at radius 2 is 1.55 bits per heavy atom. The molecule has 4 atom stereocenters. The number of nitrogens with zero attached hydrogens (tertiary/aromatic N) is 1. The van der Waals surface area contributed by atoms with E-state index in [4.69, 9.17) is 29.3 Å². The van der Waals surface area contributed by atoms with Crippen LogP contribution in [0.4, 0.5) is 26.3 Å². The Balaban J connectivity index is 0.000000327. The molecule has 2 aromatic carbocycles. The summed E-state index contributed by atoms with van der Waals surface area (Å²) in [5, 5.41) is 29.3. The van der Waals surface area contributed by atoms with Crippen LogP contribution in [0.1, 0.15) is 60.7 Å². The van der Waals surface area contributed by atoms with E-state index in [9.17, 15) is 31.4 Å². The predicted molar refractivity (Wildman–Crippen MR) is 166 cm³/mol. The number of nitrogens with one attached hydrogen (secondary N) is 2. The van der Waals surface area contributed by atoms with Crippen LogP contribution in [0.25, 0.3) is 10.9 Å². The second kappa shape index (κ2) is 15.2. The fourth-order valence-electron chi connectivity index (χ4n) is 7.06. The smallest absolute Gasteiger partial charge is 0.490 e. The fraction of sp³-hybridized carbons (Fsp3) is 0.515. The zero-order valence-corrected chi connectivity index (χ0v) is 27.0. The van der Waals surface area contributed by atoms with Gasteiger partial charge in [0.1, 0.15) is 5.75 Å². The van der Waals surface area contributed by atoms with Gasteiger partial charge in [-0.25, -0.2) is 9.59 Å². The van der Waals surface area contributed by atoms with Gasteiger partial charge in [0.25, 0.3) is 0 Å². The average molecular weight is 704 g/mol. The SMILES string of the molecule is CC[C@H]1CN2CCc3cc(OC)c(OC)cc3[C@@H]2C[C@@H]1C[C@H]1NCCc2c1[nH]c1ccc(O)cc21.O=C(O)C(F)(F)F.O=C(O)C(F)(F)F. The average Bonchev–Trinajstić information content (AvgIpc) is 3.42. The van der Waals surface area contributed by atoms with E-state index in [1.165, 1.54) is 47.2 Å². The molecule has 16 heteroatoms. The van der Waals surface area contributed by atoms with Gasteiger partial charge in [0, 0.05) is 41.8 Å². The van der Waals surface area contributed by atoms with Crippen LogP contribution in [0, 0.1) is 11.8 Å². The molecule has 3 aliphatic heterocycles. The molecule has 3 aliphatic rings. The molecule has 49 heavy (non-hydrogen) atoms. The minimum atomic E-state index is -5.08. The van der Waals surface area contributed by atoms with E-state index in [-0.39, 0.29) is 0 Å². The van der Waals surface area contributed by atoms with Crippen LogP contribution >= 0.6 is 0 Å². The van der Waals surface area contributed by atoms with E-state index < -0.39 is 24.3 Å². The largest absolute Gasteiger partial charge is 0.508 e. The fourth-order valence-corrected chi connectivity index (χ4v) is 7.06. The summed E-state index contributed by atoms with van der Waals surface area (Å²) < 4.78 is 74.7. The van der Waals surface area contributed by atoms with Crippen molar-refractivity contribution in [2.24, 2.45) is 11.8 Å². The first-order valence-corrected chi connectivity index (χ1v) is 15.6. The van der Waals surface area contributed by atoms with Gasteiger partial charge in [-0.3, -0.25) is 4.90 Å². The predicted octanol–water partition coefficient (Wildman–Crippen LogP) is 6.38. The van der Waals surface area contributed by atoms with Gasteiger partial charge < -0.3 is 35.1 Å². The van der Waals surface area contributed by atoms with Crippen molar-refractivity contribution < 1.29 is 60.7 Å². The standard InChI is InChI=1S/C29H37N3O3.2C2HF3O2/c1-4-17-16-32-10-8-18-13-27(34-2)28(35-3)15-22(18)26(32)12-19(17)11-25-29-21(7-9-30-25)23-14-20(33)5-6-24(23)31-29;2*3-2(4,5)1(6)7/h5-6,13-15,17,19,25-26,30-31,33H,4,7-12,16H2,1-3H3;2*(H,6,7)/t17-,19-,25+,26-;;/m0../s1. The number of halogens is 6. The lowest BCUT2D eigenvalue weighted by Gasteiger charge is -2.48. The third kappa shape index (κ3) is 8.71. The minimum Gasteiger partial charge on any atom is -0.508 e. The summed E-state index contributed by atoms with van der Waals surface area (Å²) in [5.41, 5.74) is 6.66. The summed E-state index contributed by atoms with van der Waals surface area (Å²) in [6, 6.07) is 10.9. The van der Waals surface area contributed by atoms with Gasteiger partial charge in [-0.15, -0.1) is 0 Å². The Hall–Kier alpha value is -4.18. The molecule has 0 spiro atoms. The zero-order chi connectivity index (χ0) is 36.3. The van der Waals surface area contributed by atoms with E-state index in [0.29, 0.717) is 29.7 Å². The van der Waals surface area contributed by atoms with Crippen LogP contribution in [0.5, 0.6) is 17.2 Å². The summed E-state index contributed by atoms with van der Waals surface area (Å²) in [7, 11) is 3.45. The van der Waals surface area contributed by atoms with Crippen molar-refractivity contribution in [1.29, 1.82) is 0 Å². The number of carboxylic acid groups (broad SMARTS) is 2. The van der Waals surface area contributed by atoms with Crippen molar-refractivity contribution in [2.75, 3.05) is 33.9 Å². The van der Waals surface area contributed by atoms with Gasteiger partial charge in [0.05, 0.1) is 14.2 Å². The number of aromatic nitrogens is 1. The molecule has 270 valence electrons. The van der Waals surface area contributed by atoms with E-state index in [0.717, 1.165) is 49.4 Å². The Morgan fingerprint density at radius 1 is 0.939 bits per heavy atom. The molecule has 6 rings (SSSR count). The molecule has 0 unspecified atom stereocenters. The van der Waals surface area contributed by atoms with Gasteiger partial charge in [-0.2, -0.15) is 26.3 Å². The number of rotatable bonds is 5. The monoisotopic (exact) mass is 703 g/mol. The number of benzene rings is 2. The highest BCUT2D eigenvalue weighted by atomic mass is 19.4. The van der Waals surface area contributed by atoms with Gasteiger partial charge >= 0.3 is 24.3 Å². The summed E-state index contributed by atoms with van der Waals surface area (Å²) in [4.78, 5) is 24.2. The number of aromatic amines is 1. The lowest BCUT2D eigenvalue weighted by molar-refractivity contribution is -0.193. The molecule has 1 aromatic heterocycles. The molecular formula is C33H39F6N3O7. The maximum Gasteiger partial charge on any atom is 0.490 e. The van der Waals surface area contributed by atoms with Crippen molar-refractivity contribution in [3.63, 3.8) is 0 Å². The van der Waals surface area contributed by atoms with Crippen molar-refractivity contribution in [3.8, 4) is 17.2 Å². The Morgan fingerprint density at radius 3 is 2.12 bits per heavy atom. The molecule has 10 nitrogen and oxygen atoms in total. The number of alkyl halides is 6. The molecule has 1 saturated heterocycles. The molecule has 5 N–H and O–H groups in total. The lowest BCUT2D eigenvalue weighted by atomic mass is 9.73.